The van der Waals surface area contributed by atoms with Gasteiger partial charge in [0.15, 0.2) is 0 Å². The number of benzene rings is 10. The molecule has 0 radical (unpaired) electrons. The van der Waals surface area contributed by atoms with E-state index in [0.717, 1.165) is 11.4 Å². The van der Waals surface area contributed by atoms with Crippen molar-refractivity contribution in [3.63, 3.8) is 0 Å². The average molecular weight is 775 g/mol. The smallest absolute Gasteiger partial charge is 0.0601 e. The van der Waals surface area contributed by atoms with Gasteiger partial charge in [0.05, 0.1) is 22.7 Å². The number of fused-ring (bicyclic) bond motifs is 7. The molecule has 0 unspecified atom stereocenters. The van der Waals surface area contributed by atoms with Crippen LogP contribution in [0.15, 0.2) is 226 Å². The lowest BCUT2D eigenvalue weighted by atomic mass is 9.85. The molecule has 0 aliphatic carbocycles. The molecule has 2 heterocycles. The summed E-state index contributed by atoms with van der Waals surface area (Å²) >= 11 is 3.69. The molecule has 0 fully saturated rings. The normalized spacial score (nSPS) is 13.0. The molecule has 58 heavy (non-hydrogen) atoms. The average Bonchev–Trinajstić information content (AvgIpc) is 3.29. The maximum absolute atomic E-state index is 2.45. The number of hydrogen-bond donors (Lipinski definition) is 0. The van der Waals surface area contributed by atoms with Crippen molar-refractivity contribution in [1.82, 2.24) is 0 Å². The summed E-state index contributed by atoms with van der Waals surface area (Å²) in [6.45, 7) is 0. The van der Waals surface area contributed by atoms with E-state index in [1.165, 1.54) is 96.9 Å². The lowest BCUT2D eigenvalue weighted by Gasteiger charge is -2.34. The zero-order chi connectivity index (χ0) is 38.2. The van der Waals surface area contributed by atoms with E-state index in [9.17, 15) is 0 Å². The van der Waals surface area contributed by atoms with Crippen LogP contribution < -0.4 is 9.80 Å². The maximum Gasteiger partial charge on any atom is 0.0601 e. The zero-order valence-corrected chi connectivity index (χ0v) is 33.0. The summed E-state index contributed by atoms with van der Waals surface area (Å²) in [5, 5.41) is 7.39. The molecular formula is C54H34N2S2. The first-order valence-electron chi connectivity index (χ1n) is 19.7. The van der Waals surface area contributed by atoms with Gasteiger partial charge in [-0.1, -0.05) is 151 Å². The molecule has 10 aromatic carbocycles. The highest BCUT2D eigenvalue weighted by atomic mass is 32.2. The first kappa shape index (κ1) is 33.4. The molecule has 4 heteroatoms. The van der Waals surface area contributed by atoms with Crippen molar-refractivity contribution in [2.45, 2.75) is 19.6 Å². The lowest BCUT2D eigenvalue weighted by molar-refractivity contribution is 1.17. The standard InChI is InChI=1S/C54H34N2S2/c1-2-15-36(16-3-1)53-43-33-39(55-45-18-6-10-22-49(45)57-50-23-11-7-19-46(50)55)28-30-41(43)54(38-27-26-35-14-4-5-17-37(35)32-38)42-31-29-40(34-44(42)53)56-47-20-8-12-24-51(47)58-52-25-13-9-21-48(52)56/h1-34H. The lowest BCUT2D eigenvalue weighted by Crippen LogP contribution is -2.15. The van der Waals surface area contributed by atoms with E-state index in [0.29, 0.717) is 0 Å². The van der Waals surface area contributed by atoms with Crippen LogP contribution in [0.3, 0.4) is 0 Å². The summed E-state index contributed by atoms with van der Waals surface area (Å²) < 4.78 is 0. The van der Waals surface area contributed by atoms with Gasteiger partial charge in [0, 0.05) is 31.0 Å². The Morgan fingerprint density at radius 3 is 1.19 bits per heavy atom. The number of nitrogens with zero attached hydrogens (tertiary/aromatic N) is 2. The SMILES string of the molecule is c1ccc(-c2c3cc(N4c5ccccc5Sc5ccccc54)ccc3c(-c3ccc4ccccc4c3)c3ccc(N4c5ccccc5Sc5ccccc54)cc23)cc1. The van der Waals surface area contributed by atoms with Crippen molar-refractivity contribution in [3.8, 4) is 22.3 Å². The molecule has 0 atom stereocenters. The molecule has 10 aromatic rings. The minimum absolute atomic E-state index is 1.14. The maximum atomic E-state index is 2.45. The van der Waals surface area contributed by atoms with Crippen molar-refractivity contribution in [2.75, 3.05) is 9.80 Å². The highest BCUT2D eigenvalue weighted by molar-refractivity contribution is 8.00. The van der Waals surface area contributed by atoms with E-state index in [1.54, 1.807) is 0 Å². The van der Waals surface area contributed by atoms with Crippen LogP contribution in [0.5, 0.6) is 0 Å². The third kappa shape index (κ3) is 5.30. The third-order valence-corrected chi connectivity index (χ3v) is 13.8. The predicted molar refractivity (Wildman–Crippen MR) is 247 cm³/mol. The second-order valence-corrected chi connectivity index (χ2v) is 17.1. The highest BCUT2D eigenvalue weighted by Gasteiger charge is 2.28. The van der Waals surface area contributed by atoms with Crippen LogP contribution >= 0.6 is 23.5 Å². The molecule has 2 aliphatic rings. The molecular weight excluding hydrogens is 741 g/mol. The van der Waals surface area contributed by atoms with Gasteiger partial charge in [-0.05, 0) is 133 Å². The van der Waals surface area contributed by atoms with Gasteiger partial charge in [0.1, 0.15) is 0 Å². The summed E-state index contributed by atoms with van der Waals surface area (Å²) in [4.78, 5) is 9.92. The van der Waals surface area contributed by atoms with E-state index in [2.05, 4.69) is 216 Å². The van der Waals surface area contributed by atoms with Gasteiger partial charge >= 0.3 is 0 Å². The molecule has 2 aliphatic heterocycles. The molecule has 2 nitrogen and oxygen atoms in total. The topological polar surface area (TPSA) is 6.48 Å². The Balaban J connectivity index is 1.19. The molecule has 0 amide bonds. The van der Waals surface area contributed by atoms with Crippen LogP contribution in [0.4, 0.5) is 34.1 Å². The number of hydrogen-bond acceptors (Lipinski definition) is 4. The second kappa shape index (κ2) is 13.5. The van der Waals surface area contributed by atoms with E-state index >= 15 is 0 Å². The Kier molecular flexibility index (Phi) is 7.75. The summed E-state index contributed by atoms with van der Waals surface area (Å²) in [5.74, 6) is 0. The first-order chi connectivity index (χ1) is 28.8. The van der Waals surface area contributed by atoms with Crippen molar-refractivity contribution in [1.29, 1.82) is 0 Å². The fourth-order valence-electron chi connectivity index (χ4n) is 9.02. The number of anilines is 6. The fraction of sp³-hybridized carbons (Fsp3) is 0. The predicted octanol–water partition coefficient (Wildman–Crippen LogP) is 16.3. The number of para-hydroxylation sites is 4. The van der Waals surface area contributed by atoms with Gasteiger partial charge < -0.3 is 9.80 Å². The van der Waals surface area contributed by atoms with Gasteiger partial charge in [-0.25, -0.2) is 0 Å². The highest BCUT2D eigenvalue weighted by Crippen LogP contribution is 2.55. The van der Waals surface area contributed by atoms with E-state index in [1.807, 2.05) is 23.5 Å². The van der Waals surface area contributed by atoms with Crippen LogP contribution in [0.25, 0.3) is 54.6 Å². The summed E-state index contributed by atoms with van der Waals surface area (Å²) in [6.07, 6.45) is 0. The van der Waals surface area contributed by atoms with Gasteiger partial charge in [-0.3, -0.25) is 0 Å². The van der Waals surface area contributed by atoms with Crippen molar-refractivity contribution < 1.29 is 0 Å². The van der Waals surface area contributed by atoms with Gasteiger partial charge in [0.25, 0.3) is 0 Å². The minimum atomic E-state index is 1.14. The Hall–Kier alpha value is -6.72. The molecule has 0 N–H and O–H groups in total. The molecule has 0 spiro atoms. The Morgan fingerprint density at radius 1 is 0.276 bits per heavy atom. The van der Waals surface area contributed by atoms with Crippen molar-refractivity contribution in [3.05, 3.63) is 206 Å². The minimum Gasteiger partial charge on any atom is -0.308 e. The van der Waals surface area contributed by atoms with Crippen LogP contribution in [0.1, 0.15) is 0 Å². The first-order valence-corrected chi connectivity index (χ1v) is 21.3. The molecule has 0 aromatic heterocycles. The van der Waals surface area contributed by atoms with Gasteiger partial charge in [-0.2, -0.15) is 0 Å². The fourth-order valence-corrected chi connectivity index (χ4v) is 11.1. The molecule has 12 rings (SSSR count). The second-order valence-electron chi connectivity index (χ2n) is 14.9. The molecule has 272 valence electrons. The van der Waals surface area contributed by atoms with E-state index in [4.69, 9.17) is 0 Å². The summed E-state index contributed by atoms with van der Waals surface area (Å²) in [7, 11) is 0. The van der Waals surface area contributed by atoms with Crippen LogP contribution in [-0.2, 0) is 0 Å². The Labute approximate surface area is 346 Å². The summed E-state index contributed by atoms with van der Waals surface area (Å²) in [5.41, 5.74) is 12.0. The van der Waals surface area contributed by atoms with Crippen molar-refractivity contribution in [2.24, 2.45) is 0 Å². The quantitative estimate of drug-likeness (QED) is 0.164. The van der Waals surface area contributed by atoms with Gasteiger partial charge in [0.2, 0.25) is 0 Å². The Bertz CT molecular complexity index is 3020. The number of rotatable bonds is 4. The Morgan fingerprint density at radius 2 is 0.690 bits per heavy atom. The molecule has 0 bridgehead atoms. The van der Waals surface area contributed by atoms with Crippen molar-refractivity contribution >= 4 is 90.0 Å². The van der Waals surface area contributed by atoms with Gasteiger partial charge in [-0.15, -0.1) is 0 Å². The molecule has 0 saturated heterocycles. The summed E-state index contributed by atoms with van der Waals surface area (Å²) in [6, 6.07) is 76.0. The van der Waals surface area contributed by atoms with Crippen LogP contribution in [0.2, 0.25) is 0 Å². The molecule has 0 saturated carbocycles. The monoisotopic (exact) mass is 774 g/mol. The zero-order valence-electron chi connectivity index (χ0n) is 31.3. The third-order valence-electron chi connectivity index (χ3n) is 11.6. The van der Waals surface area contributed by atoms with Crippen LogP contribution in [-0.4, -0.2) is 0 Å². The van der Waals surface area contributed by atoms with Crippen LogP contribution in [0, 0.1) is 0 Å². The largest absolute Gasteiger partial charge is 0.308 e. The van der Waals surface area contributed by atoms with E-state index < -0.39 is 0 Å². The van der Waals surface area contributed by atoms with E-state index in [-0.39, 0.29) is 0 Å².